The predicted octanol–water partition coefficient (Wildman–Crippen LogP) is 8.73. The average Bonchev–Trinajstić information content (AvgIpc) is 3.17. The van der Waals surface area contributed by atoms with Gasteiger partial charge in [-0.05, 0) is 103 Å². The molecule has 1 saturated carbocycles. The van der Waals surface area contributed by atoms with Crippen molar-refractivity contribution in [3.63, 3.8) is 0 Å². The van der Waals surface area contributed by atoms with Gasteiger partial charge < -0.3 is 14.4 Å². The molecular formula is C35H49ClN2O3S. The lowest BCUT2D eigenvalue weighted by Crippen LogP contribution is -2.43. The van der Waals surface area contributed by atoms with Gasteiger partial charge in [0.2, 0.25) is 0 Å². The first kappa shape index (κ1) is 32.7. The van der Waals surface area contributed by atoms with Crippen LogP contribution in [-0.4, -0.2) is 37.1 Å². The average molecular weight is 613 g/mol. The van der Waals surface area contributed by atoms with Gasteiger partial charge >= 0.3 is 0 Å². The molecule has 2 bridgehead atoms. The van der Waals surface area contributed by atoms with E-state index in [0.717, 1.165) is 74.5 Å². The molecule has 7 heteroatoms. The molecule has 2 aromatic rings. The fourth-order valence-electron chi connectivity index (χ4n) is 6.74. The molecule has 6 atom stereocenters. The number of nitrogens with zero attached hydrogens (tertiary/aromatic N) is 1. The van der Waals surface area contributed by atoms with Crippen LogP contribution in [0, 0.1) is 23.7 Å². The maximum Gasteiger partial charge on any atom is 0.261 e. The molecule has 0 spiro atoms. The molecular weight excluding hydrogens is 564 g/mol. The summed E-state index contributed by atoms with van der Waals surface area (Å²) in [4.78, 5) is 27.9. The number of amides is 1. The van der Waals surface area contributed by atoms with Gasteiger partial charge in [-0.1, -0.05) is 65.1 Å². The number of rotatable bonds is 4. The number of halogens is 1. The van der Waals surface area contributed by atoms with E-state index in [1.54, 1.807) is 0 Å². The fourth-order valence-corrected chi connectivity index (χ4v) is 7.71. The van der Waals surface area contributed by atoms with Crippen LogP contribution in [0.15, 0.2) is 36.4 Å². The van der Waals surface area contributed by atoms with E-state index in [1.807, 2.05) is 38.1 Å². The number of anilines is 1. The molecule has 3 aliphatic rings. The van der Waals surface area contributed by atoms with Crippen LogP contribution in [0.1, 0.15) is 101 Å². The number of carbonyl (C=O) groups excluding carboxylic acids is 2. The SMILES string of the molecule is CC.CCCc1cc(Cl)ccc1C1COc2ccc3cc2N(C1)CC1CCC1C(C=O)CCCC(C)C(C)SNC3=O. The molecule has 0 radical (unpaired) electrons. The number of hydrogen-bond donors (Lipinski definition) is 1. The molecule has 0 saturated heterocycles. The zero-order valence-corrected chi connectivity index (χ0v) is 27.6. The van der Waals surface area contributed by atoms with Crippen molar-refractivity contribution in [1.29, 1.82) is 0 Å². The van der Waals surface area contributed by atoms with E-state index in [-0.39, 0.29) is 17.7 Å². The second-order valence-corrected chi connectivity index (χ2v) is 13.8. The van der Waals surface area contributed by atoms with Crippen LogP contribution < -0.4 is 14.4 Å². The highest BCUT2D eigenvalue weighted by Crippen LogP contribution is 2.44. The summed E-state index contributed by atoms with van der Waals surface area (Å²) in [7, 11) is 0. The molecule has 230 valence electrons. The van der Waals surface area contributed by atoms with Gasteiger partial charge in [-0.2, -0.15) is 0 Å². The molecule has 42 heavy (non-hydrogen) atoms. The highest BCUT2D eigenvalue weighted by Gasteiger charge is 2.39. The number of nitrogens with one attached hydrogen (secondary N) is 1. The Kier molecular flexibility index (Phi) is 12.1. The minimum atomic E-state index is -0.0647. The Morgan fingerprint density at radius 1 is 1.07 bits per heavy atom. The van der Waals surface area contributed by atoms with Crippen molar-refractivity contribution in [1.82, 2.24) is 4.72 Å². The third kappa shape index (κ3) is 7.66. The van der Waals surface area contributed by atoms with E-state index in [9.17, 15) is 9.59 Å². The lowest BCUT2D eigenvalue weighted by Gasteiger charge is -2.43. The molecule has 0 aromatic heterocycles. The van der Waals surface area contributed by atoms with Crippen LogP contribution >= 0.6 is 23.5 Å². The van der Waals surface area contributed by atoms with Gasteiger partial charge in [0.1, 0.15) is 12.0 Å². The Hall–Kier alpha value is -2.18. The summed E-state index contributed by atoms with van der Waals surface area (Å²) >= 11 is 7.91. The molecule has 2 aliphatic heterocycles. The zero-order chi connectivity index (χ0) is 30.2. The van der Waals surface area contributed by atoms with Crippen LogP contribution in [0.4, 0.5) is 5.69 Å². The number of aryl methyl sites for hydroxylation is 1. The predicted molar refractivity (Wildman–Crippen MR) is 177 cm³/mol. The van der Waals surface area contributed by atoms with Gasteiger partial charge in [0.15, 0.2) is 0 Å². The van der Waals surface area contributed by atoms with Crippen molar-refractivity contribution in [2.45, 2.75) is 90.7 Å². The third-order valence-corrected chi connectivity index (χ3v) is 10.9. The van der Waals surface area contributed by atoms with Crippen molar-refractivity contribution in [3.8, 4) is 5.75 Å². The minimum Gasteiger partial charge on any atom is -0.491 e. The standard InChI is InChI=1S/C33H43ClN2O3S.C2H6/c1-4-6-23-15-28(34)11-13-29(23)27-18-36-17-25-9-12-30(25)26(19-37)8-5-7-21(2)22(3)40-35-33(38)24-10-14-32(39-20-27)31(36)16-24;1-2/h10-11,13-16,19,21-22,25-27,30H,4-9,12,17-18,20H2,1-3H3,(H,35,38);1-2H3. The summed E-state index contributed by atoms with van der Waals surface area (Å²) in [6, 6.07) is 12.1. The van der Waals surface area contributed by atoms with Gasteiger partial charge in [0.05, 0.1) is 12.3 Å². The normalized spacial score (nSPS) is 28.0. The lowest BCUT2D eigenvalue weighted by atomic mass is 9.66. The van der Waals surface area contributed by atoms with E-state index in [0.29, 0.717) is 35.2 Å². The Morgan fingerprint density at radius 2 is 1.88 bits per heavy atom. The molecule has 1 aliphatic carbocycles. The number of benzene rings is 2. The lowest BCUT2D eigenvalue weighted by molar-refractivity contribution is -0.115. The van der Waals surface area contributed by atoms with Crippen molar-refractivity contribution >= 4 is 41.4 Å². The van der Waals surface area contributed by atoms with Crippen LogP contribution in [0.25, 0.3) is 0 Å². The zero-order valence-electron chi connectivity index (χ0n) is 26.0. The molecule has 5 rings (SSSR count). The minimum absolute atomic E-state index is 0.0647. The maximum absolute atomic E-state index is 13.2. The first-order valence-corrected chi connectivity index (χ1v) is 17.3. The second-order valence-electron chi connectivity index (χ2n) is 12.2. The van der Waals surface area contributed by atoms with Crippen molar-refractivity contribution in [2.24, 2.45) is 23.7 Å². The van der Waals surface area contributed by atoms with Gasteiger partial charge in [0, 0.05) is 40.8 Å². The number of aldehydes is 1. The summed E-state index contributed by atoms with van der Waals surface area (Å²) < 4.78 is 9.56. The summed E-state index contributed by atoms with van der Waals surface area (Å²) in [5.74, 6) is 2.40. The van der Waals surface area contributed by atoms with E-state index in [2.05, 4.69) is 42.5 Å². The number of carbonyl (C=O) groups is 2. The topological polar surface area (TPSA) is 58.6 Å². The first-order chi connectivity index (χ1) is 20.4. The number of fused-ring (bicyclic) bond motifs is 2. The van der Waals surface area contributed by atoms with Crippen LogP contribution in [0.3, 0.4) is 0 Å². The molecule has 1 N–H and O–H groups in total. The third-order valence-electron chi connectivity index (χ3n) is 9.50. The first-order valence-electron chi connectivity index (χ1n) is 16.1. The van der Waals surface area contributed by atoms with Crippen molar-refractivity contribution < 1.29 is 14.3 Å². The van der Waals surface area contributed by atoms with E-state index < -0.39 is 0 Å². The molecule has 1 amide bonds. The summed E-state index contributed by atoms with van der Waals surface area (Å²) in [5.41, 5.74) is 4.21. The van der Waals surface area contributed by atoms with Gasteiger partial charge in [-0.3, -0.25) is 9.52 Å². The molecule has 6 unspecified atom stereocenters. The smallest absolute Gasteiger partial charge is 0.261 e. The molecule has 1 fully saturated rings. The highest BCUT2D eigenvalue weighted by molar-refractivity contribution is 7.98. The molecule has 2 aromatic carbocycles. The largest absolute Gasteiger partial charge is 0.491 e. The van der Waals surface area contributed by atoms with Crippen LogP contribution in [0.5, 0.6) is 5.75 Å². The molecule has 5 nitrogen and oxygen atoms in total. The Morgan fingerprint density at radius 3 is 2.60 bits per heavy atom. The maximum atomic E-state index is 13.2. The number of ether oxygens (including phenoxy) is 1. The van der Waals surface area contributed by atoms with E-state index in [1.165, 1.54) is 29.4 Å². The fraction of sp³-hybridized carbons (Fsp3) is 0.600. The van der Waals surface area contributed by atoms with E-state index >= 15 is 0 Å². The van der Waals surface area contributed by atoms with Crippen molar-refractivity contribution in [3.05, 3.63) is 58.1 Å². The van der Waals surface area contributed by atoms with Gasteiger partial charge in [-0.15, -0.1) is 0 Å². The Labute approximate surface area is 262 Å². The van der Waals surface area contributed by atoms with Gasteiger partial charge in [0.25, 0.3) is 5.91 Å². The Bertz CT molecular complexity index is 1210. The molecule has 2 heterocycles. The summed E-state index contributed by atoms with van der Waals surface area (Å²) in [5, 5.41) is 1.06. The highest BCUT2D eigenvalue weighted by atomic mass is 35.5. The van der Waals surface area contributed by atoms with Crippen LogP contribution in [0.2, 0.25) is 5.02 Å². The summed E-state index contributed by atoms with van der Waals surface area (Å²) in [6.45, 7) is 12.9. The Balaban J connectivity index is 0.00000198. The second kappa shape index (κ2) is 15.5. The van der Waals surface area contributed by atoms with Crippen LogP contribution in [-0.2, 0) is 11.2 Å². The number of hydrogen-bond acceptors (Lipinski definition) is 5. The van der Waals surface area contributed by atoms with E-state index in [4.69, 9.17) is 16.3 Å². The summed E-state index contributed by atoms with van der Waals surface area (Å²) in [6.07, 6.45) is 8.59. The quantitative estimate of drug-likeness (QED) is 0.276. The van der Waals surface area contributed by atoms with Crippen molar-refractivity contribution in [2.75, 3.05) is 24.6 Å². The van der Waals surface area contributed by atoms with Gasteiger partial charge in [-0.25, -0.2) is 0 Å². The monoisotopic (exact) mass is 612 g/mol.